The molecule has 0 radical (unpaired) electrons. The highest BCUT2D eigenvalue weighted by molar-refractivity contribution is 5.31. The van der Waals surface area contributed by atoms with Crippen LogP contribution in [0.4, 0.5) is 0 Å². The summed E-state index contributed by atoms with van der Waals surface area (Å²) in [5.74, 6) is 2.57. The highest BCUT2D eigenvalue weighted by Gasteiger charge is 2.19. The Morgan fingerprint density at radius 1 is 1.24 bits per heavy atom. The number of ether oxygens (including phenoxy) is 2. The second-order valence-corrected chi connectivity index (χ2v) is 5.64. The smallest absolute Gasteiger partial charge is 0.119 e. The molecular weight excluding hydrogens is 264 g/mol. The fourth-order valence-corrected chi connectivity index (χ4v) is 2.83. The molecule has 2 rings (SSSR count). The van der Waals surface area contributed by atoms with E-state index in [1.807, 2.05) is 24.3 Å². The standard InChI is InChI=1S/C17H28N2O2/c1-3-18-13-15-5-4-10-19(14-15)11-12-21-17-8-6-16(20-2)7-9-17/h6-9,15,18H,3-5,10-14H2,1-2H3. The maximum Gasteiger partial charge on any atom is 0.119 e. The van der Waals surface area contributed by atoms with Gasteiger partial charge in [0.05, 0.1) is 7.11 Å². The summed E-state index contributed by atoms with van der Waals surface area (Å²) in [6, 6.07) is 7.79. The van der Waals surface area contributed by atoms with Crippen LogP contribution in [-0.4, -0.2) is 51.3 Å². The summed E-state index contributed by atoms with van der Waals surface area (Å²) < 4.78 is 11.0. The monoisotopic (exact) mass is 292 g/mol. The Kier molecular flexibility index (Phi) is 6.83. The zero-order valence-corrected chi connectivity index (χ0v) is 13.3. The molecular formula is C17H28N2O2. The molecule has 1 heterocycles. The van der Waals surface area contributed by atoms with Gasteiger partial charge < -0.3 is 14.8 Å². The molecule has 1 unspecified atom stereocenters. The van der Waals surface area contributed by atoms with Gasteiger partial charge in [-0.15, -0.1) is 0 Å². The topological polar surface area (TPSA) is 33.7 Å². The van der Waals surface area contributed by atoms with Gasteiger partial charge in [0.1, 0.15) is 18.1 Å². The van der Waals surface area contributed by atoms with Crippen LogP contribution in [0.3, 0.4) is 0 Å². The molecule has 4 heteroatoms. The average Bonchev–Trinajstić information content (AvgIpc) is 2.54. The maximum atomic E-state index is 5.81. The molecule has 0 aliphatic carbocycles. The molecule has 1 aromatic rings. The Balaban J connectivity index is 1.67. The lowest BCUT2D eigenvalue weighted by Crippen LogP contribution is -2.41. The van der Waals surface area contributed by atoms with Crippen LogP contribution in [0.2, 0.25) is 0 Å². The molecule has 1 atom stereocenters. The molecule has 21 heavy (non-hydrogen) atoms. The fraction of sp³-hybridized carbons (Fsp3) is 0.647. The van der Waals surface area contributed by atoms with Crippen molar-refractivity contribution in [1.29, 1.82) is 0 Å². The van der Waals surface area contributed by atoms with Gasteiger partial charge in [0.2, 0.25) is 0 Å². The third kappa shape index (κ3) is 5.56. The zero-order valence-electron chi connectivity index (χ0n) is 13.3. The minimum atomic E-state index is 0.750. The fourth-order valence-electron chi connectivity index (χ4n) is 2.83. The number of piperidine rings is 1. The molecule has 0 bridgehead atoms. The third-order valence-electron chi connectivity index (χ3n) is 4.02. The average molecular weight is 292 g/mol. The van der Waals surface area contributed by atoms with Gasteiger partial charge >= 0.3 is 0 Å². The van der Waals surface area contributed by atoms with Crippen molar-refractivity contribution in [1.82, 2.24) is 10.2 Å². The molecule has 1 N–H and O–H groups in total. The normalized spacial score (nSPS) is 19.4. The number of methoxy groups -OCH3 is 1. The quantitative estimate of drug-likeness (QED) is 0.798. The van der Waals surface area contributed by atoms with E-state index in [0.29, 0.717) is 0 Å². The molecule has 0 spiro atoms. The van der Waals surface area contributed by atoms with Crippen LogP contribution in [0.1, 0.15) is 19.8 Å². The van der Waals surface area contributed by atoms with Gasteiger partial charge in [-0.25, -0.2) is 0 Å². The summed E-state index contributed by atoms with van der Waals surface area (Å²) in [4.78, 5) is 2.52. The predicted molar refractivity (Wildman–Crippen MR) is 86.2 cm³/mol. The van der Waals surface area contributed by atoms with Crippen molar-refractivity contribution in [2.45, 2.75) is 19.8 Å². The van der Waals surface area contributed by atoms with Gasteiger partial charge in [-0.05, 0) is 62.7 Å². The van der Waals surface area contributed by atoms with Crippen molar-refractivity contribution < 1.29 is 9.47 Å². The van der Waals surface area contributed by atoms with Gasteiger partial charge in [-0.2, -0.15) is 0 Å². The highest BCUT2D eigenvalue weighted by Crippen LogP contribution is 2.18. The molecule has 118 valence electrons. The van der Waals surface area contributed by atoms with E-state index in [1.54, 1.807) is 7.11 Å². The summed E-state index contributed by atoms with van der Waals surface area (Å²) in [7, 11) is 1.68. The zero-order chi connectivity index (χ0) is 14.9. The minimum absolute atomic E-state index is 0.750. The van der Waals surface area contributed by atoms with Gasteiger partial charge in [-0.3, -0.25) is 4.90 Å². The van der Waals surface area contributed by atoms with Crippen LogP contribution in [-0.2, 0) is 0 Å². The van der Waals surface area contributed by atoms with E-state index in [4.69, 9.17) is 9.47 Å². The van der Waals surface area contributed by atoms with Crippen LogP contribution in [0.5, 0.6) is 11.5 Å². The van der Waals surface area contributed by atoms with E-state index in [0.717, 1.165) is 43.7 Å². The van der Waals surface area contributed by atoms with Crippen molar-refractivity contribution in [2.24, 2.45) is 5.92 Å². The SMILES string of the molecule is CCNCC1CCCN(CCOc2ccc(OC)cc2)C1. The van der Waals surface area contributed by atoms with E-state index in [2.05, 4.69) is 17.1 Å². The first-order valence-electron chi connectivity index (χ1n) is 8.01. The van der Waals surface area contributed by atoms with E-state index < -0.39 is 0 Å². The summed E-state index contributed by atoms with van der Waals surface area (Å²) in [5, 5.41) is 3.46. The van der Waals surface area contributed by atoms with Crippen LogP contribution < -0.4 is 14.8 Å². The summed E-state index contributed by atoms with van der Waals surface area (Å²) in [6.07, 6.45) is 2.65. The molecule has 1 aliphatic heterocycles. The minimum Gasteiger partial charge on any atom is -0.497 e. The van der Waals surface area contributed by atoms with Gasteiger partial charge in [0.25, 0.3) is 0 Å². The van der Waals surface area contributed by atoms with Crippen molar-refractivity contribution in [3.63, 3.8) is 0 Å². The Bertz CT molecular complexity index is 394. The highest BCUT2D eigenvalue weighted by atomic mass is 16.5. The van der Waals surface area contributed by atoms with Gasteiger partial charge in [-0.1, -0.05) is 6.92 Å². The Morgan fingerprint density at radius 2 is 2.00 bits per heavy atom. The summed E-state index contributed by atoms with van der Waals surface area (Å²) in [6.45, 7) is 8.54. The van der Waals surface area contributed by atoms with Crippen LogP contribution in [0.15, 0.2) is 24.3 Å². The Morgan fingerprint density at radius 3 is 2.71 bits per heavy atom. The molecule has 0 amide bonds. The number of benzene rings is 1. The van der Waals surface area contributed by atoms with E-state index in [-0.39, 0.29) is 0 Å². The number of hydrogen-bond acceptors (Lipinski definition) is 4. The molecule has 0 aromatic heterocycles. The van der Waals surface area contributed by atoms with E-state index in [9.17, 15) is 0 Å². The van der Waals surface area contributed by atoms with Crippen LogP contribution in [0, 0.1) is 5.92 Å². The molecule has 1 aliphatic rings. The number of likely N-dealkylation sites (tertiary alicyclic amines) is 1. The third-order valence-corrected chi connectivity index (χ3v) is 4.02. The Hall–Kier alpha value is -1.26. The van der Waals surface area contributed by atoms with Gasteiger partial charge in [0.15, 0.2) is 0 Å². The number of nitrogens with zero attached hydrogens (tertiary/aromatic N) is 1. The first-order valence-corrected chi connectivity index (χ1v) is 8.01. The van der Waals surface area contributed by atoms with E-state index >= 15 is 0 Å². The second-order valence-electron chi connectivity index (χ2n) is 5.64. The molecule has 0 saturated carbocycles. The predicted octanol–water partition coefficient (Wildman–Crippen LogP) is 2.40. The van der Waals surface area contributed by atoms with Crippen molar-refractivity contribution in [3.8, 4) is 11.5 Å². The Labute approximate surface area is 128 Å². The van der Waals surface area contributed by atoms with E-state index in [1.165, 1.54) is 25.9 Å². The first-order chi connectivity index (χ1) is 10.3. The molecule has 4 nitrogen and oxygen atoms in total. The van der Waals surface area contributed by atoms with Crippen LogP contribution >= 0.6 is 0 Å². The lowest BCUT2D eigenvalue weighted by Gasteiger charge is -2.32. The lowest BCUT2D eigenvalue weighted by atomic mass is 9.98. The molecule has 1 aromatic carbocycles. The molecule has 1 saturated heterocycles. The molecule has 1 fully saturated rings. The summed E-state index contributed by atoms with van der Waals surface area (Å²) >= 11 is 0. The van der Waals surface area contributed by atoms with Crippen molar-refractivity contribution >= 4 is 0 Å². The van der Waals surface area contributed by atoms with Crippen molar-refractivity contribution in [3.05, 3.63) is 24.3 Å². The number of hydrogen-bond donors (Lipinski definition) is 1. The second kappa shape index (κ2) is 8.90. The largest absolute Gasteiger partial charge is 0.497 e. The number of nitrogens with one attached hydrogen (secondary N) is 1. The number of rotatable bonds is 8. The van der Waals surface area contributed by atoms with Gasteiger partial charge in [0, 0.05) is 13.1 Å². The van der Waals surface area contributed by atoms with Crippen LogP contribution in [0.25, 0.3) is 0 Å². The van der Waals surface area contributed by atoms with Crippen molar-refractivity contribution in [2.75, 3.05) is 46.4 Å². The maximum absolute atomic E-state index is 5.81. The lowest BCUT2D eigenvalue weighted by molar-refractivity contribution is 0.146. The summed E-state index contributed by atoms with van der Waals surface area (Å²) in [5.41, 5.74) is 0. The first kappa shape index (κ1) is 16.1.